The maximum atomic E-state index is 14.2. The van der Waals surface area contributed by atoms with Crippen LogP contribution in [0.5, 0.6) is 0 Å². The van der Waals surface area contributed by atoms with Crippen molar-refractivity contribution in [2.24, 2.45) is 5.73 Å². The van der Waals surface area contributed by atoms with Gasteiger partial charge >= 0.3 is 0 Å². The van der Waals surface area contributed by atoms with E-state index in [-0.39, 0.29) is 23.6 Å². The second-order valence-electron chi connectivity index (χ2n) is 7.22. The Morgan fingerprint density at radius 3 is 2.76 bits per heavy atom. The number of carbonyl (C=O) groups is 1. The summed E-state index contributed by atoms with van der Waals surface area (Å²) < 4.78 is 14.2. The summed E-state index contributed by atoms with van der Waals surface area (Å²) in [5, 5.41) is 12.4. The Balaban J connectivity index is 1.36. The predicted octanol–water partition coefficient (Wildman–Crippen LogP) is 3.09. The monoisotopic (exact) mass is 412 g/mol. The van der Waals surface area contributed by atoms with Gasteiger partial charge in [-0.3, -0.25) is 9.78 Å². The molecule has 9 heteroatoms. The van der Waals surface area contributed by atoms with Crippen molar-refractivity contribution in [1.82, 2.24) is 20.2 Å². The molecule has 0 bridgehead atoms. The van der Waals surface area contributed by atoms with E-state index in [1.54, 1.807) is 18.5 Å². The highest BCUT2D eigenvalue weighted by molar-refractivity contribution is 7.15. The molecule has 1 amide bonds. The molecule has 0 unspecified atom stereocenters. The molecule has 150 valence electrons. The predicted molar refractivity (Wildman–Crippen MR) is 109 cm³/mol. The number of aromatic nitrogens is 4. The van der Waals surface area contributed by atoms with Crippen LogP contribution in [0.4, 0.5) is 10.2 Å². The second-order valence-corrected chi connectivity index (χ2v) is 8.34. The van der Waals surface area contributed by atoms with Gasteiger partial charge in [0.05, 0.1) is 12.1 Å². The number of amides is 1. The lowest BCUT2D eigenvalue weighted by molar-refractivity contribution is -0.117. The summed E-state index contributed by atoms with van der Waals surface area (Å²) in [6, 6.07) is 6.78. The largest absolute Gasteiger partial charge is 0.369 e. The third-order valence-electron chi connectivity index (χ3n) is 5.27. The number of pyridine rings is 1. The fraction of sp³-hybridized carbons (Fsp3) is 0.350. The van der Waals surface area contributed by atoms with Crippen LogP contribution in [0.3, 0.4) is 0 Å². The van der Waals surface area contributed by atoms with Crippen LogP contribution >= 0.6 is 11.3 Å². The second kappa shape index (κ2) is 8.20. The molecular formula is C20H21FN6OS. The molecule has 0 aliphatic heterocycles. The summed E-state index contributed by atoms with van der Waals surface area (Å²) in [6.07, 6.45) is 7.24. The number of hydrogen-bond acceptors (Lipinski definition) is 7. The average molecular weight is 412 g/mol. The van der Waals surface area contributed by atoms with Crippen molar-refractivity contribution < 1.29 is 9.18 Å². The number of nitrogens with zero attached hydrogens (tertiary/aromatic N) is 4. The van der Waals surface area contributed by atoms with Gasteiger partial charge in [-0.1, -0.05) is 6.42 Å². The summed E-state index contributed by atoms with van der Waals surface area (Å²) in [7, 11) is 0. The Bertz CT molecular complexity index is 1000. The molecule has 1 aliphatic rings. The van der Waals surface area contributed by atoms with Crippen LogP contribution in [0.15, 0.2) is 36.7 Å². The number of thiazole rings is 1. The van der Waals surface area contributed by atoms with Gasteiger partial charge in [-0.2, -0.15) is 0 Å². The minimum absolute atomic E-state index is 0.170. The normalized spacial score (nSPS) is 14.9. The van der Waals surface area contributed by atoms with Crippen LogP contribution in [0.2, 0.25) is 0 Å². The Labute approximate surface area is 171 Å². The number of carbonyl (C=O) groups excluding carboxylic acids is 1. The smallest absolute Gasteiger partial charge is 0.222 e. The number of hydrogen-bond donors (Lipinski definition) is 2. The maximum Gasteiger partial charge on any atom is 0.222 e. The number of primary amides is 1. The lowest BCUT2D eigenvalue weighted by atomic mass is 9.64. The third kappa shape index (κ3) is 4.24. The van der Waals surface area contributed by atoms with Crippen molar-refractivity contribution >= 4 is 23.1 Å². The molecule has 4 rings (SSSR count). The van der Waals surface area contributed by atoms with Gasteiger partial charge in [-0.05, 0) is 43.5 Å². The molecule has 3 heterocycles. The molecule has 3 aromatic heterocycles. The van der Waals surface area contributed by atoms with E-state index in [1.165, 1.54) is 17.4 Å². The summed E-state index contributed by atoms with van der Waals surface area (Å²) >= 11 is 1.37. The molecule has 7 nitrogen and oxygen atoms in total. The molecule has 0 aromatic carbocycles. The van der Waals surface area contributed by atoms with Crippen LogP contribution in [0.1, 0.15) is 36.3 Å². The molecule has 29 heavy (non-hydrogen) atoms. The molecule has 1 fully saturated rings. The topological polar surface area (TPSA) is 107 Å². The van der Waals surface area contributed by atoms with E-state index < -0.39 is 0 Å². The van der Waals surface area contributed by atoms with Gasteiger partial charge in [-0.15, -0.1) is 21.5 Å². The van der Waals surface area contributed by atoms with E-state index >= 15 is 0 Å². The number of nitrogens with one attached hydrogen (secondary N) is 1. The summed E-state index contributed by atoms with van der Waals surface area (Å²) in [5.74, 6) is 0.0368. The van der Waals surface area contributed by atoms with Gasteiger partial charge in [-0.25, -0.2) is 9.37 Å². The SMILES string of the molecule is NC(=O)Cc1cnc(-c2ccc(NCCC3(c4ncccc4F)CCC3)nn2)s1. The van der Waals surface area contributed by atoms with Crippen LogP contribution in [0.25, 0.3) is 10.7 Å². The maximum absolute atomic E-state index is 14.2. The van der Waals surface area contributed by atoms with Crippen molar-refractivity contribution in [2.45, 2.75) is 37.5 Å². The number of halogens is 1. The molecule has 0 spiro atoms. The first-order valence-electron chi connectivity index (χ1n) is 9.48. The van der Waals surface area contributed by atoms with Crippen LogP contribution < -0.4 is 11.1 Å². The number of nitrogens with two attached hydrogens (primary N) is 1. The van der Waals surface area contributed by atoms with E-state index in [4.69, 9.17) is 5.73 Å². The van der Waals surface area contributed by atoms with Crippen molar-refractivity contribution in [1.29, 1.82) is 0 Å². The average Bonchev–Trinajstić information content (AvgIpc) is 3.13. The Morgan fingerprint density at radius 2 is 2.10 bits per heavy atom. The molecule has 1 aliphatic carbocycles. The highest BCUT2D eigenvalue weighted by Gasteiger charge is 2.41. The molecule has 3 N–H and O–H groups in total. The quantitative estimate of drug-likeness (QED) is 0.589. The van der Waals surface area contributed by atoms with E-state index in [0.29, 0.717) is 28.8 Å². The molecule has 1 saturated carbocycles. The fourth-order valence-electron chi connectivity index (χ4n) is 3.63. The zero-order valence-electron chi connectivity index (χ0n) is 15.8. The summed E-state index contributed by atoms with van der Waals surface area (Å²) in [5.41, 5.74) is 6.23. The Morgan fingerprint density at radius 1 is 1.24 bits per heavy atom. The lowest BCUT2D eigenvalue weighted by Crippen LogP contribution is -2.38. The Kier molecular flexibility index (Phi) is 5.48. The van der Waals surface area contributed by atoms with Crippen molar-refractivity contribution in [3.8, 4) is 10.7 Å². The summed E-state index contributed by atoms with van der Waals surface area (Å²) in [4.78, 5) is 20.4. The lowest BCUT2D eigenvalue weighted by Gasteiger charge is -2.41. The first-order valence-corrected chi connectivity index (χ1v) is 10.3. The van der Waals surface area contributed by atoms with Gasteiger partial charge in [0.1, 0.15) is 22.3 Å². The van der Waals surface area contributed by atoms with Gasteiger partial charge < -0.3 is 11.1 Å². The van der Waals surface area contributed by atoms with Gasteiger partial charge in [0, 0.05) is 29.2 Å². The first-order chi connectivity index (χ1) is 14.1. The molecule has 0 radical (unpaired) electrons. The van der Waals surface area contributed by atoms with E-state index in [1.807, 2.05) is 12.1 Å². The highest BCUT2D eigenvalue weighted by atomic mass is 32.1. The van der Waals surface area contributed by atoms with Crippen molar-refractivity contribution in [3.63, 3.8) is 0 Å². The first kappa shape index (κ1) is 19.4. The Hall–Kier alpha value is -2.94. The van der Waals surface area contributed by atoms with E-state index in [0.717, 1.165) is 30.6 Å². The minimum atomic E-state index is -0.388. The van der Waals surface area contributed by atoms with Gasteiger partial charge in [0.25, 0.3) is 0 Å². The molecule has 0 saturated heterocycles. The van der Waals surface area contributed by atoms with E-state index in [2.05, 4.69) is 25.5 Å². The molecular weight excluding hydrogens is 391 g/mol. The van der Waals surface area contributed by atoms with Crippen LogP contribution in [0, 0.1) is 5.82 Å². The standard InChI is InChI=1S/C20H21FN6OS/c21-14-3-1-9-24-18(14)20(6-2-7-20)8-10-23-17-5-4-15(26-27-17)19-25-12-13(29-19)11-16(22)28/h1,3-5,9,12H,2,6-8,10-11H2,(H2,22,28)(H,23,27). The number of anilines is 1. The molecule has 3 aromatic rings. The van der Waals surface area contributed by atoms with Crippen molar-refractivity contribution in [3.05, 3.63) is 53.0 Å². The number of rotatable bonds is 8. The van der Waals surface area contributed by atoms with Crippen LogP contribution in [-0.4, -0.2) is 32.6 Å². The fourth-order valence-corrected chi connectivity index (χ4v) is 4.52. The van der Waals surface area contributed by atoms with Gasteiger partial charge in [0.15, 0.2) is 0 Å². The minimum Gasteiger partial charge on any atom is -0.369 e. The summed E-state index contributed by atoms with van der Waals surface area (Å²) in [6.45, 7) is 0.657. The van der Waals surface area contributed by atoms with E-state index in [9.17, 15) is 9.18 Å². The van der Waals surface area contributed by atoms with Crippen LogP contribution in [-0.2, 0) is 16.6 Å². The molecule has 0 atom stereocenters. The van der Waals surface area contributed by atoms with Gasteiger partial charge in [0.2, 0.25) is 5.91 Å². The highest BCUT2D eigenvalue weighted by Crippen LogP contribution is 2.46. The zero-order chi connectivity index (χ0) is 20.3. The van der Waals surface area contributed by atoms with Crippen molar-refractivity contribution in [2.75, 3.05) is 11.9 Å². The zero-order valence-corrected chi connectivity index (χ0v) is 16.6. The third-order valence-corrected chi connectivity index (χ3v) is 6.29.